The van der Waals surface area contributed by atoms with Gasteiger partial charge in [-0.2, -0.15) is 0 Å². The number of hydrogen-bond donors (Lipinski definition) is 6. The van der Waals surface area contributed by atoms with E-state index >= 15 is 0 Å². The predicted octanol–water partition coefficient (Wildman–Crippen LogP) is 10.8. The summed E-state index contributed by atoms with van der Waals surface area (Å²) in [6.07, 6.45) is 43.3. The molecule has 0 saturated carbocycles. The van der Waals surface area contributed by atoms with Crippen LogP contribution in [0.5, 0.6) is 0 Å². The highest BCUT2D eigenvalue weighted by atomic mass is 16.7. The van der Waals surface area contributed by atoms with E-state index in [-0.39, 0.29) is 12.5 Å². The molecule has 6 N–H and O–H groups in total. The van der Waals surface area contributed by atoms with Gasteiger partial charge < -0.3 is 40.3 Å². The van der Waals surface area contributed by atoms with Crippen molar-refractivity contribution in [1.82, 2.24) is 5.32 Å². The molecule has 1 fully saturated rings. The molecular weight excluding hydrogens is 743 g/mol. The van der Waals surface area contributed by atoms with Crippen molar-refractivity contribution < 1.29 is 39.8 Å². The van der Waals surface area contributed by atoms with Gasteiger partial charge in [-0.1, -0.05) is 192 Å². The molecular formula is C50H93NO8. The SMILES string of the molecule is CCCCCCCC/C=C\CCCCCCCCCC(=O)NC(COC1OC(CO)C(O)C(O)C1O)C(O)/C=C/CC/C=C/CCCCCCCCCCCCCCC. The molecule has 0 spiro atoms. The highest BCUT2D eigenvalue weighted by molar-refractivity contribution is 5.76. The van der Waals surface area contributed by atoms with E-state index in [0.29, 0.717) is 6.42 Å². The number of nitrogens with one attached hydrogen (secondary N) is 1. The van der Waals surface area contributed by atoms with Crippen LogP contribution in [0.2, 0.25) is 0 Å². The van der Waals surface area contributed by atoms with Crippen molar-refractivity contribution in [2.75, 3.05) is 13.2 Å². The summed E-state index contributed by atoms with van der Waals surface area (Å²) in [5.74, 6) is -0.191. The zero-order chi connectivity index (χ0) is 43.0. The molecule has 0 bridgehead atoms. The molecule has 1 heterocycles. The average Bonchev–Trinajstić information content (AvgIpc) is 3.23. The minimum atomic E-state index is -1.57. The number of aliphatic hydroxyl groups is 5. The molecule has 7 atom stereocenters. The quantitative estimate of drug-likeness (QED) is 0.0263. The van der Waals surface area contributed by atoms with Crippen molar-refractivity contribution in [3.8, 4) is 0 Å². The second-order valence-corrected chi connectivity index (χ2v) is 17.2. The van der Waals surface area contributed by atoms with E-state index in [4.69, 9.17) is 9.47 Å². The van der Waals surface area contributed by atoms with E-state index in [9.17, 15) is 30.3 Å². The lowest BCUT2D eigenvalue weighted by Crippen LogP contribution is -2.60. The fraction of sp³-hybridized carbons (Fsp3) is 0.860. The van der Waals surface area contributed by atoms with Gasteiger partial charge >= 0.3 is 0 Å². The van der Waals surface area contributed by atoms with Gasteiger partial charge in [0.15, 0.2) is 6.29 Å². The predicted molar refractivity (Wildman–Crippen MR) is 244 cm³/mol. The van der Waals surface area contributed by atoms with Crippen molar-refractivity contribution >= 4 is 5.91 Å². The van der Waals surface area contributed by atoms with E-state index in [0.717, 1.165) is 51.4 Å². The molecule has 7 unspecified atom stereocenters. The first kappa shape index (κ1) is 55.4. The Morgan fingerprint density at radius 3 is 1.42 bits per heavy atom. The summed E-state index contributed by atoms with van der Waals surface area (Å²) in [4.78, 5) is 13.0. The van der Waals surface area contributed by atoms with Gasteiger partial charge in [0.2, 0.25) is 5.91 Å². The molecule has 0 aliphatic carbocycles. The number of hydrogen-bond acceptors (Lipinski definition) is 8. The van der Waals surface area contributed by atoms with Crippen molar-refractivity contribution in [2.24, 2.45) is 0 Å². The van der Waals surface area contributed by atoms with Crippen molar-refractivity contribution in [1.29, 1.82) is 0 Å². The summed E-state index contributed by atoms with van der Waals surface area (Å²) in [6, 6.07) is -0.822. The van der Waals surface area contributed by atoms with E-state index in [1.54, 1.807) is 6.08 Å². The fourth-order valence-electron chi connectivity index (χ4n) is 7.70. The maximum Gasteiger partial charge on any atom is 0.220 e. The van der Waals surface area contributed by atoms with Gasteiger partial charge in [0, 0.05) is 6.42 Å². The number of carbonyl (C=O) groups is 1. The first-order chi connectivity index (χ1) is 28.8. The normalized spacial score (nSPS) is 21.0. The van der Waals surface area contributed by atoms with Crippen molar-refractivity contribution in [2.45, 2.75) is 262 Å². The van der Waals surface area contributed by atoms with Gasteiger partial charge in [-0.25, -0.2) is 0 Å². The maximum atomic E-state index is 13.0. The first-order valence-electron chi connectivity index (χ1n) is 24.7. The van der Waals surface area contributed by atoms with Crippen molar-refractivity contribution in [3.05, 3.63) is 36.5 Å². The smallest absolute Gasteiger partial charge is 0.220 e. The van der Waals surface area contributed by atoms with Crippen molar-refractivity contribution in [3.63, 3.8) is 0 Å². The Balaban J connectivity index is 2.35. The second-order valence-electron chi connectivity index (χ2n) is 17.2. The van der Waals surface area contributed by atoms with Gasteiger partial charge in [0.25, 0.3) is 0 Å². The number of ether oxygens (including phenoxy) is 2. The van der Waals surface area contributed by atoms with Gasteiger partial charge in [0.1, 0.15) is 24.4 Å². The van der Waals surface area contributed by atoms with E-state index in [1.807, 2.05) is 6.08 Å². The minimum Gasteiger partial charge on any atom is -0.394 e. The Morgan fingerprint density at radius 1 is 0.559 bits per heavy atom. The molecule has 0 radical (unpaired) electrons. The average molecular weight is 836 g/mol. The molecule has 1 aliphatic heterocycles. The lowest BCUT2D eigenvalue weighted by atomic mass is 9.99. The molecule has 1 aliphatic rings. The van der Waals surface area contributed by atoms with Crippen LogP contribution in [-0.4, -0.2) is 87.5 Å². The Hall–Kier alpha value is -1.59. The minimum absolute atomic E-state index is 0.191. The maximum absolute atomic E-state index is 13.0. The van der Waals surface area contributed by atoms with Crippen LogP contribution in [0.25, 0.3) is 0 Å². The Kier molecular flexibility index (Phi) is 38.0. The monoisotopic (exact) mass is 836 g/mol. The lowest BCUT2D eigenvalue weighted by Gasteiger charge is -2.40. The Morgan fingerprint density at radius 2 is 0.966 bits per heavy atom. The molecule has 59 heavy (non-hydrogen) atoms. The lowest BCUT2D eigenvalue weighted by molar-refractivity contribution is -0.302. The van der Waals surface area contributed by atoms with Gasteiger partial charge in [-0.05, 0) is 57.8 Å². The molecule has 1 rings (SSSR count). The summed E-state index contributed by atoms with van der Waals surface area (Å²) < 4.78 is 11.2. The number of allylic oxidation sites excluding steroid dienone is 5. The van der Waals surface area contributed by atoms with Crippen LogP contribution in [0.3, 0.4) is 0 Å². The highest BCUT2D eigenvalue weighted by Crippen LogP contribution is 2.23. The number of rotatable bonds is 41. The van der Waals surface area contributed by atoms with E-state index < -0.39 is 49.5 Å². The summed E-state index contributed by atoms with van der Waals surface area (Å²) >= 11 is 0. The topological polar surface area (TPSA) is 149 Å². The Labute approximate surface area is 361 Å². The van der Waals surface area contributed by atoms with Crippen LogP contribution >= 0.6 is 0 Å². The van der Waals surface area contributed by atoms with Crippen LogP contribution < -0.4 is 5.32 Å². The van der Waals surface area contributed by atoms with Gasteiger partial charge in [-0.15, -0.1) is 0 Å². The largest absolute Gasteiger partial charge is 0.394 e. The zero-order valence-electron chi connectivity index (χ0n) is 38.0. The van der Waals surface area contributed by atoms with Crippen LogP contribution in [0.1, 0.15) is 219 Å². The summed E-state index contributed by atoms with van der Waals surface area (Å²) in [5.41, 5.74) is 0. The van der Waals surface area contributed by atoms with E-state index in [1.165, 1.54) is 148 Å². The molecule has 0 aromatic rings. The molecule has 1 saturated heterocycles. The third-order valence-electron chi connectivity index (χ3n) is 11.7. The third-order valence-corrected chi connectivity index (χ3v) is 11.7. The second kappa shape index (κ2) is 40.5. The zero-order valence-corrected chi connectivity index (χ0v) is 38.0. The first-order valence-corrected chi connectivity index (χ1v) is 24.7. The molecule has 0 aromatic carbocycles. The van der Waals surface area contributed by atoms with Crippen LogP contribution in [0.15, 0.2) is 36.5 Å². The highest BCUT2D eigenvalue weighted by Gasteiger charge is 2.44. The molecule has 0 aromatic heterocycles. The van der Waals surface area contributed by atoms with Gasteiger partial charge in [-0.3, -0.25) is 4.79 Å². The molecule has 1 amide bonds. The van der Waals surface area contributed by atoms with Gasteiger partial charge in [0.05, 0.1) is 25.4 Å². The molecule has 9 nitrogen and oxygen atoms in total. The number of unbranched alkanes of at least 4 members (excludes halogenated alkanes) is 27. The number of aliphatic hydroxyl groups excluding tert-OH is 5. The summed E-state index contributed by atoms with van der Waals surface area (Å²) in [6.45, 7) is 3.76. The Bertz CT molecular complexity index is 1020. The summed E-state index contributed by atoms with van der Waals surface area (Å²) in [7, 11) is 0. The summed E-state index contributed by atoms with van der Waals surface area (Å²) in [5, 5.41) is 54.3. The van der Waals surface area contributed by atoms with Crippen LogP contribution in [-0.2, 0) is 14.3 Å². The molecule has 9 heteroatoms. The van der Waals surface area contributed by atoms with E-state index in [2.05, 4.69) is 43.5 Å². The third kappa shape index (κ3) is 31.0. The van der Waals surface area contributed by atoms with Crippen LogP contribution in [0, 0.1) is 0 Å². The number of carbonyl (C=O) groups excluding carboxylic acids is 1. The molecule has 346 valence electrons. The standard InChI is InChI=1S/C50H93NO8/c1-3-5-7-9-11-13-15-17-19-21-22-24-25-27-29-31-33-35-37-39-44(53)43(42-58-50-49(57)48(56)47(55)45(41-52)59-50)51-46(54)40-38-36-34-32-30-28-26-23-20-18-16-14-12-10-8-6-4-2/h18,20,29,31,37,39,43-45,47-50,52-53,55-57H,3-17,19,21-28,30,32-36,38,40-42H2,1-2H3,(H,51,54)/b20-18-,31-29+,39-37+. The number of amides is 1. The fourth-order valence-corrected chi connectivity index (χ4v) is 7.70. The van der Waals surface area contributed by atoms with Crippen LogP contribution in [0.4, 0.5) is 0 Å².